The first-order valence-electron chi connectivity index (χ1n) is 10.9. The molecule has 8 nitrogen and oxygen atoms in total. The Kier molecular flexibility index (Phi) is 8.43. The van der Waals surface area contributed by atoms with Gasteiger partial charge in [-0.25, -0.2) is 8.42 Å². The lowest BCUT2D eigenvalue weighted by atomic mass is 10.0. The summed E-state index contributed by atoms with van der Waals surface area (Å²) in [5.41, 5.74) is 0.675. The molecular formula is C25H23F3N2O6S. The second kappa shape index (κ2) is 11.3. The van der Waals surface area contributed by atoms with Gasteiger partial charge >= 0.3 is 12.1 Å². The Bertz CT molecular complexity index is 1370. The van der Waals surface area contributed by atoms with Crippen molar-refractivity contribution in [2.24, 2.45) is 0 Å². The Morgan fingerprint density at radius 1 is 0.946 bits per heavy atom. The third-order valence-electron chi connectivity index (χ3n) is 5.23. The molecule has 196 valence electrons. The number of anilines is 2. The van der Waals surface area contributed by atoms with E-state index in [1.165, 1.54) is 49.6 Å². The molecule has 0 heterocycles. The number of aromatic hydroxyl groups is 1. The zero-order valence-corrected chi connectivity index (χ0v) is 20.3. The summed E-state index contributed by atoms with van der Waals surface area (Å²) in [4.78, 5) is 23.8. The molecule has 3 aromatic rings. The first-order valence-corrected chi connectivity index (χ1v) is 12.5. The molecule has 3 N–H and O–H groups in total. The molecular weight excluding hydrogens is 513 g/mol. The van der Waals surface area contributed by atoms with E-state index in [4.69, 9.17) is 0 Å². The fourth-order valence-electron chi connectivity index (χ4n) is 3.29. The number of halogens is 3. The second-order valence-corrected chi connectivity index (χ2v) is 9.78. The van der Waals surface area contributed by atoms with Crippen LogP contribution in [0.2, 0.25) is 0 Å². The summed E-state index contributed by atoms with van der Waals surface area (Å²) in [7, 11) is -2.70. The van der Waals surface area contributed by atoms with E-state index in [2.05, 4.69) is 14.8 Å². The number of esters is 1. The van der Waals surface area contributed by atoms with Crippen molar-refractivity contribution in [1.29, 1.82) is 0 Å². The Morgan fingerprint density at radius 2 is 1.54 bits per heavy atom. The first-order chi connectivity index (χ1) is 17.4. The van der Waals surface area contributed by atoms with Crippen LogP contribution in [0.4, 0.5) is 24.5 Å². The molecule has 0 unspecified atom stereocenters. The number of rotatable bonds is 9. The van der Waals surface area contributed by atoms with Crippen LogP contribution >= 0.6 is 0 Å². The number of phenolic OH excluding ortho intramolecular Hbond substituents is 1. The largest absolute Gasteiger partial charge is 0.506 e. The minimum Gasteiger partial charge on any atom is -0.506 e. The van der Waals surface area contributed by atoms with Crippen molar-refractivity contribution >= 4 is 33.3 Å². The van der Waals surface area contributed by atoms with E-state index in [9.17, 15) is 36.3 Å². The number of hydrogen-bond donors (Lipinski definition) is 3. The normalized spacial score (nSPS) is 11.6. The van der Waals surface area contributed by atoms with Crippen LogP contribution in [-0.4, -0.2) is 38.3 Å². The summed E-state index contributed by atoms with van der Waals surface area (Å²) in [5.74, 6) is -1.83. The molecule has 0 aliphatic rings. The third kappa shape index (κ3) is 7.71. The quantitative estimate of drug-likeness (QED) is 0.201. The van der Waals surface area contributed by atoms with E-state index in [1.807, 2.05) is 0 Å². The minimum absolute atomic E-state index is 0.0155. The van der Waals surface area contributed by atoms with Crippen LogP contribution in [0.1, 0.15) is 28.8 Å². The van der Waals surface area contributed by atoms with Crippen molar-refractivity contribution in [3.63, 3.8) is 0 Å². The molecule has 0 spiro atoms. The number of nitrogens with one attached hydrogen (secondary N) is 2. The molecule has 0 saturated carbocycles. The highest BCUT2D eigenvalue weighted by Crippen LogP contribution is 2.31. The van der Waals surface area contributed by atoms with Crippen LogP contribution in [0, 0.1) is 0 Å². The predicted molar refractivity (Wildman–Crippen MR) is 132 cm³/mol. The van der Waals surface area contributed by atoms with Crippen LogP contribution in [0.15, 0.2) is 66.7 Å². The summed E-state index contributed by atoms with van der Waals surface area (Å²) >= 11 is 0. The number of hydrogen-bond acceptors (Lipinski definition) is 6. The lowest BCUT2D eigenvalue weighted by molar-refractivity contribution is -0.140. The molecule has 1 amide bonds. The van der Waals surface area contributed by atoms with Crippen LogP contribution in [0.5, 0.6) is 5.75 Å². The van der Waals surface area contributed by atoms with Crippen LogP contribution in [0.3, 0.4) is 0 Å². The molecule has 37 heavy (non-hydrogen) atoms. The molecule has 0 saturated heterocycles. The SMILES string of the molecule is COC(=O)CCCS(=O)(=O)Nc1cc(NC(=O)c2ccc(-c3ccc(C(F)(F)F)cc3)cc2)ccc1O. The highest BCUT2D eigenvalue weighted by Gasteiger charge is 2.30. The number of ether oxygens (including phenoxy) is 1. The average molecular weight is 537 g/mol. The van der Waals surface area contributed by atoms with Crippen molar-refractivity contribution in [3.8, 4) is 16.9 Å². The lowest BCUT2D eigenvalue weighted by Crippen LogP contribution is -2.18. The Labute approximate surface area is 211 Å². The maximum Gasteiger partial charge on any atom is 0.416 e. The van der Waals surface area contributed by atoms with Gasteiger partial charge in [-0.05, 0) is 60.0 Å². The average Bonchev–Trinajstić information content (AvgIpc) is 2.85. The number of sulfonamides is 1. The van der Waals surface area contributed by atoms with E-state index in [0.29, 0.717) is 11.1 Å². The third-order valence-corrected chi connectivity index (χ3v) is 6.59. The summed E-state index contributed by atoms with van der Waals surface area (Å²) in [6.07, 6.45) is -4.50. The van der Waals surface area contributed by atoms with Crippen LogP contribution in [-0.2, 0) is 25.7 Å². The monoisotopic (exact) mass is 536 g/mol. The van der Waals surface area contributed by atoms with E-state index >= 15 is 0 Å². The standard InChI is InChI=1S/C25H23F3N2O6S/c1-36-23(32)3-2-14-37(34,35)30-21-15-20(12-13-22(21)31)29-24(33)18-6-4-16(5-7-18)17-8-10-19(11-9-17)25(26,27)28/h4-13,15,30-31H,2-3,14H2,1H3,(H,29,33). The molecule has 12 heteroatoms. The minimum atomic E-state index is -4.43. The van der Waals surface area contributed by atoms with Gasteiger partial charge in [-0.1, -0.05) is 24.3 Å². The van der Waals surface area contributed by atoms with Crippen molar-refractivity contribution in [1.82, 2.24) is 0 Å². The summed E-state index contributed by atoms with van der Waals surface area (Å²) in [5, 5.41) is 12.6. The van der Waals surface area contributed by atoms with E-state index in [-0.39, 0.29) is 41.3 Å². The lowest BCUT2D eigenvalue weighted by Gasteiger charge is -2.12. The Balaban J connectivity index is 1.66. The van der Waals surface area contributed by atoms with Crippen molar-refractivity contribution in [2.75, 3.05) is 22.9 Å². The molecule has 0 fully saturated rings. The number of carbonyl (C=O) groups excluding carboxylic acids is 2. The Hall–Kier alpha value is -4.06. The van der Waals surface area contributed by atoms with Gasteiger partial charge in [0.25, 0.3) is 5.91 Å². The Morgan fingerprint density at radius 3 is 2.11 bits per heavy atom. The second-order valence-electron chi connectivity index (χ2n) is 7.94. The van der Waals surface area contributed by atoms with Crippen LogP contribution < -0.4 is 10.0 Å². The number of phenols is 1. The van der Waals surface area contributed by atoms with Crippen molar-refractivity contribution in [3.05, 3.63) is 77.9 Å². The van der Waals surface area contributed by atoms with Gasteiger partial charge < -0.3 is 15.2 Å². The fraction of sp³-hybridized carbons (Fsp3) is 0.200. The zero-order valence-electron chi connectivity index (χ0n) is 19.5. The molecule has 0 radical (unpaired) electrons. The molecule has 0 bridgehead atoms. The molecule has 3 aromatic carbocycles. The molecule has 0 atom stereocenters. The fourth-order valence-corrected chi connectivity index (χ4v) is 4.42. The van der Waals surface area contributed by atoms with Gasteiger partial charge in [0.05, 0.1) is 24.1 Å². The van der Waals surface area contributed by atoms with Gasteiger partial charge in [0.15, 0.2) is 0 Å². The smallest absolute Gasteiger partial charge is 0.416 e. The molecule has 0 aliphatic heterocycles. The zero-order chi connectivity index (χ0) is 27.2. The van der Waals surface area contributed by atoms with E-state index in [1.54, 1.807) is 12.1 Å². The summed E-state index contributed by atoms with van der Waals surface area (Å²) in [6, 6.07) is 14.6. The predicted octanol–water partition coefficient (Wildman–Crippen LogP) is 5.03. The van der Waals surface area contributed by atoms with Gasteiger partial charge in [-0.2, -0.15) is 13.2 Å². The topological polar surface area (TPSA) is 122 Å². The highest BCUT2D eigenvalue weighted by atomic mass is 32.2. The van der Waals surface area contributed by atoms with Gasteiger partial charge in [0.2, 0.25) is 10.0 Å². The number of carbonyl (C=O) groups is 2. The number of alkyl halides is 3. The van der Waals surface area contributed by atoms with Gasteiger partial charge in [-0.3, -0.25) is 14.3 Å². The summed E-state index contributed by atoms with van der Waals surface area (Å²) in [6.45, 7) is 0. The van der Waals surface area contributed by atoms with E-state index < -0.39 is 33.6 Å². The number of benzene rings is 3. The summed E-state index contributed by atoms with van der Waals surface area (Å²) < 4.78 is 69.5. The number of methoxy groups -OCH3 is 1. The van der Waals surface area contributed by atoms with Crippen molar-refractivity contribution < 1.29 is 41.0 Å². The molecule has 0 aliphatic carbocycles. The van der Waals surface area contributed by atoms with Gasteiger partial charge in [0, 0.05) is 17.7 Å². The van der Waals surface area contributed by atoms with Gasteiger partial charge in [0.1, 0.15) is 5.75 Å². The van der Waals surface area contributed by atoms with Gasteiger partial charge in [-0.15, -0.1) is 0 Å². The maximum atomic E-state index is 12.8. The van der Waals surface area contributed by atoms with E-state index in [0.717, 1.165) is 12.1 Å². The molecule has 0 aromatic heterocycles. The first kappa shape index (κ1) is 27.5. The van der Waals surface area contributed by atoms with Crippen LogP contribution in [0.25, 0.3) is 11.1 Å². The molecule has 3 rings (SSSR count). The highest BCUT2D eigenvalue weighted by molar-refractivity contribution is 7.92. The number of amides is 1. The van der Waals surface area contributed by atoms with Crippen molar-refractivity contribution in [2.45, 2.75) is 19.0 Å². The maximum absolute atomic E-state index is 12.8.